The van der Waals surface area contributed by atoms with Crippen LogP contribution in [0.2, 0.25) is 0 Å². The molecule has 1 heterocycles. The number of hydrogen-bond acceptors (Lipinski definition) is 6. The van der Waals surface area contributed by atoms with Gasteiger partial charge in [0.15, 0.2) is 6.04 Å². The third-order valence-corrected chi connectivity index (χ3v) is 3.41. The molecule has 3 N–H and O–H groups in total. The molecule has 11 nitrogen and oxygen atoms in total. The van der Waals surface area contributed by atoms with E-state index in [1.165, 1.54) is 0 Å². The fraction of sp³-hybridized carbons (Fsp3) is 0.667. The first kappa shape index (κ1) is 17.0. The molecular weight excluding hydrogens is 312 g/mol. The van der Waals surface area contributed by atoms with Gasteiger partial charge in [-0.2, -0.15) is 8.42 Å². The third kappa shape index (κ3) is 4.46. The minimum atomic E-state index is -3.84. The first-order chi connectivity index (χ1) is 9.53. The molecule has 0 spiro atoms. The molecule has 0 radical (unpaired) electrons. The highest BCUT2D eigenvalue weighted by molar-refractivity contribution is 7.85. The van der Waals surface area contributed by atoms with Crippen molar-refractivity contribution >= 4 is 28.3 Å². The van der Waals surface area contributed by atoms with Crippen molar-refractivity contribution in [1.29, 1.82) is 0 Å². The van der Waals surface area contributed by atoms with Gasteiger partial charge in [-0.15, -0.1) is 0 Å². The van der Waals surface area contributed by atoms with E-state index in [4.69, 9.17) is 15.3 Å². The van der Waals surface area contributed by atoms with Crippen molar-refractivity contribution in [2.45, 2.75) is 12.1 Å². The van der Waals surface area contributed by atoms with Crippen molar-refractivity contribution < 1.29 is 42.3 Å². The van der Waals surface area contributed by atoms with Crippen LogP contribution in [0.15, 0.2) is 0 Å². The Morgan fingerprint density at radius 2 is 1.62 bits per heavy atom. The van der Waals surface area contributed by atoms with Crippen molar-refractivity contribution in [2.75, 3.05) is 26.0 Å². The van der Waals surface area contributed by atoms with Gasteiger partial charge in [0.05, 0.1) is 25.4 Å². The van der Waals surface area contributed by atoms with Gasteiger partial charge in [-0.25, -0.2) is 14.4 Å². The monoisotopic (exact) mass is 326 g/mol. The van der Waals surface area contributed by atoms with E-state index in [-0.39, 0.29) is 0 Å². The molecule has 1 rings (SSSR count). The van der Waals surface area contributed by atoms with E-state index in [0.29, 0.717) is 9.80 Å². The van der Waals surface area contributed by atoms with E-state index in [1.54, 1.807) is 0 Å². The van der Waals surface area contributed by atoms with Gasteiger partial charge in [-0.3, -0.25) is 14.0 Å². The number of amides is 2. The van der Waals surface area contributed by atoms with Crippen molar-refractivity contribution in [3.8, 4) is 0 Å². The summed E-state index contributed by atoms with van der Waals surface area (Å²) in [5.74, 6) is -1.49. The van der Waals surface area contributed by atoms with Gasteiger partial charge in [-0.1, -0.05) is 0 Å². The van der Waals surface area contributed by atoms with Gasteiger partial charge in [0.25, 0.3) is 10.1 Å². The molecule has 0 aromatic heterocycles. The molecular formula is C9H14N2O9S. The predicted molar refractivity (Wildman–Crippen MR) is 65.5 cm³/mol. The Balaban J connectivity index is 2.97. The van der Waals surface area contributed by atoms with Crippen LogP contribution in [-0.2, 0) is 19.1 Å². The van der Waals surface area contributed by atoms with Crippen LogP contribution in [0.5, 0.6) is 0 Å². The summed E-state index contributed by atoms with van der Waals surface area (Å²) in [5, 5.41) is 26.9. The van der Waals surface area contributed by atoms with Crippen LogP contribution in [-0.4, -0.2) is 89.7 Å². The Labute approximate surface area is 119 Å². The molecule has 0 bridgehead atoms. The van der Waals surface area contributed by atoms with Crippen LogP contribution in [0.4, 0.5) is 9.59 Å². The smallest absolute Gasteiger partial charge is 0.408 e. The van der Waals surface area contributed by atoms with Gasteiger partial charge < -0.3 is 15.3 Å². The fourth-order valence-corrected chi connectivity index (χ4v) is 2.29. The molecule has 12 heteroatoms. The zero-order chi connectivity index (χ0) is 16.4. The van der Waals surface area contributed by atoms with Crippen molar-refractivity contribution in [3.63, 3.8) is 0 Å². The zero-order valence-corrected chi connectivity index (χ0v) is 11.7. The maximum absolute atomic E-state index is 11.1. The van der Waals surface area contributed by atoms with Gasteiger partial charge in [-0.05, 0) is 0 Å². The summed E-state index contributed by atoms with van der Waals surface area (Å²) < 4.78 is 26.3. The van der Waals surface area contributed by atoms with Gasteiger partial charge in [0.2, 0.25) is 0 Å². The molecule has 120 valence electrons. The maximum atomic E-state index is 11.1. The molecule has 0 aliphatic carbocycles. The quantitative estimate of drug-likeness (QED) is 0.536. The second kappa shape index (κ2) is 6.13. The Morgan fingerprint density at radius 3 is 2.00 bits per heavy atom. The third-order valence-electron chi connectivity index (χ3n) is 2.85. The number of hydrogen-bond donors (Lipinski definition) is 3. The topological polar surface area (TPSA) is 162 Å². The molecule has 21 heavy (non-hydrogen) atoms. The molecule has 2 atom stereocenters. The van der Waals surface area contributed by atoms with E-state index < -0.39 is 60.1 Å². The standard InChI is InChI=1S/C9H14N2O9S/c1-21(18,19)20-4-5-2-11(9(16)17)6(7(12)13)3-10(5)8(14)15/h5-6H,2-4H2,1H3,(H,12,13)(H,14,15)(H,16,17)/t5?,6-/m1/s1. The van der Waals surface area contributed by atoms with Crippen LogP contribution in [0, 0.1) is 0 Å². The second-order valence-electron chi connectivity index (χ2n) is 4.37. The second-order valence-corrected chi connectivity index (χ2v) is 6.01. The molecule has 0 saturated carbocycles. The summed E-state index contributed by atoms with van der Waals surface area (Å²) in [6, 6.07) is -2.68. The fourth-order valence-electron chi connectivity index (χ4n) is 1.89. The van der Waals surface area contributed by atoms with Crippen LogP contribution in [0.1, 0.15) is 0 Å². The Bertz CT molecular complexity index is 545. The summed E-state index contributed by atoms with van der Waals surface area (Å²) in [5.41, 5.74) is 0. The first-order valence-corrected chi connectivity index (χ1v) is 7.41. The normalized spacial score (nSPS) is 22.9. The lowest BCUT2D eigenvalue weighted by Gasteiger charge is -2.41. The number of carboxylic acid groups (broad SMARTS) is 3. The number of piperazine rings is 1. The van der Waals surface area contributed by atoms with E-state index in [9.17, 15) is 22.8 Å². The Hall–Kier alpha value is -2.08. The van der Waals surface area contributed by atoms with Crippen molar-refractivity contribution in [2.24, 2.45) is 0 Å². The van der Waals surface area contributed by atoms with Gasteiger partial charge in [0, 0.05) is 6.54 Å². The summed E-state index contributed by atoms with van der Waals surface area (Å²) in [6.45, 7) is -1.72. The number of carboxylic acids is 1. The van der Waals surface area contributed by atoms with Crippen LogP contribution in [0.25, 0.3) is 0 Å². The highest BCUT2D eigenvalue weighted by Gasteiger charge is 2.42. The lowest BCUT2D eigenvalue weighted by atomic mass is 10.1. The van der Waals surface area contributed by atoms with Crippen molar-refractivity contribution in [3.05, 3.63) is 0 Å². The van der Waals surface area contributed by atoms with Crippen LogP contribution in [0.3, 0.4) is 0 Å². The molecule has 0 aromatic carbocycles. The zero-order valence-electron chi connectivity index (χ0n) is 10.9. The Kier molecular flexibility index (Phi) is 4.96. The van der Waals surface area contributed by atoms with Crippen LogP contribution >= 0.6 is 0 Å². The van der Waals surface area contributed by atoms with E-state index in [1.807, 2.05) is 0 Å². The highest BCUT2D eigenvalue weighted by Crippen LogP contribution is 2.17. The summed E-state index contributed by atoms with van der Waals surface area (Å²) in [4.78, 5) is 34.3. The maximum Gasteiger partial charge on any atom is 0.408 e. The molecule has 1 aliphatic rings. The number of aliphatic carboxylic acids is 1. The molecule has 1 fully saturated rings. The minimum Gasteiger partial charge on any atom is -0.480 e. The lowest BCUT2D eigenvalue weighted by molar-refractivity contribution is -0.145. The average molecular weight is 326 g/mol. The Morgan fingerprint density at radius 1 is 1.10 bits per heavy atom. The number of carbonyl (C=O) groups is 3. The number of nitrogens with zero attached hydrogens (tertiary/aromatic N) is 2. The SMILES string of the molecule is CS(=O)(=O)OCC1CN(C(=O)O)[C@@H](C(=O)O)CN1C(=O)O. The minimum absolute atomic E-state index is 0.506. The molecule has 0 aromatic rings. The molecule has 1 unspecified atom stereocenters. The molecule has 1 aliphatic heterocycles. The van der Waals surface area contributed by atoms with E-state index in [2.05, 4.69) is 4.18 Å². The number of rotatable bonds is 4. The largest absolute Gasteiger partial charge is 0.480 e. The van der Waals surface area contributed by atoms with Crippen molar-refractivity contribution in [1.82, 2.24) is 9.80 Å². The molecule has 1 saturated heterocycles. The summed E-state index contributed by atoms with van der Waals surface area (Å²) >= 11 is 0. The average Bonchev–Trinajstić information content (AvgIpc) is 2.33. The van der Waals surface area contributed by atoms with E-state index >= 15 is 0 Å². The first-order valence-electron chi connectivity index (χ1n) is 5.59. The van der Waals surface area contributed by atoms with Gasteiger partial charge in [0.1, 0.15) is 0 Å². The van der Waals surface area contributed by atoms with Crippen LogP contribution < -0.4 is 0 Å². The van der Waals surface area contributed by atoms with E-state index in [0.717, 1.165) is 6.26 Å². The lowest BCUT2D eigenvalue weighted by Crippen LogP contribution is -2.64. The predicted octanol–water partition coefficient (Wildman–Crippen LogP) is -1.24. The molecule has 2 amide bonds. The summed E-state index contributed by atoms with van der Waals surface area (Å²) in [7, 11) is -3.84. The van der Waals surface area contributed by atoms with Gasteiger partial charge >= 0.3 is 18.2 Å². The summed E-state index contributed by atoms with van der Waals surface area (Å²) in [6.07, 6.45) is -2.28. The highest BCUT2D eigenvalue weighted by atomic mass is 32.2.